The van der Waals surface area contributed by atoms with Gasteiger partial charge in [-0.1, -0.05) is 61.9 Å². The zero-order valence-electron chi connectivity index (χ0n) is 15.9. The minimum absolute atomic E-state index is 0.273. The Kier molecular flexibility index (Phi) is 5.07. The molecule has 0 saturated carbocycles. The second-order valence-corrected chi connectivity index (χ2v) is 7.03. The lowest BCUT2D eigenvalue weighted by atomic mass is 10.0. The normalized spacial score (nSPS) is 12.6. The summed E-state index contributed by atoms with van der Waals surface area (Å²) in [5.74, 6) is -0.273. The molecule has 2 nitrogen and oxygen atoms in total. The minimum Gasteiger partial charge on any atom is -0.618 e. The van der Waals surface area contributed by atoms with E-state index in [1.54, 1.807) is 18.3 Å². The molecule has 3 heteroatoms. The minimum atomic E-state index is -0.273. The van der Waals surface area contributed by atoms with Crippen molar-refractivity contribution < 1.29 is 9.13 Å². The molecule has 0 spiro atoms. The van der Waals surface area contributed by atoms with Crippen molar-refractivity contribution in [3.05, 3.63) is 107 Å². The average Bonchev–Trinajstić information content (AvgIpc) is 3.06. The van der Waals surface area contributed by atoms with Gasteiger partial charge in [0.25, 0.3) is 0 Å². The van der Waals surface area contributed by atoms with Gasteiger partial charge in [0, 0.05) is 5.57 Å². The summed E-state index contributed by atoms with van der Waals surface area (Å²) in [6.07, 6.45) is 4.44. The van der Waals surface area contributed by atoms with Crippen LogP contribution in [0.5, 0.6) is 0 Å². The van der Waals surface area contributed by atoms with Crippen LogP contribution in [0.15, 0.2) is 79.0 Å². The molecule has 0 fully saturated rings. The van der Waals surface area contributed by atoms with E-state index in [2.05, 4.69) is 19.1 Å². The first-order chi connectivity index (χ1) is 13.7. The maximum Gasteiger partial charge on any atom is 0.232 e. The van der Waals surface area contributed by atoms with Crippen LogP contribution in [-0.4, -0.2) is 10.5 Å². The third kappa shape index (κ3) is 3.36. The molecule has 0 unspecified atom stereocenters. The van der Waals surface area contributed by atoms with Gasteiger partial charge < -0.3 is 5.21 Å². The highest BCUT2D eigenvalue weighted by Gasteiger charge is 2.29. The first-order valence-electron chi connectivity index (χ1n) is 9.68. The number of hydrogen-bond acceptors (Lipinski definition) is 1. The fourth-order valence-electron chi connectivity index (χ4n) is 3.75. The molecule has 0 radical (unpaired) electrons. The van der Waals surface area contributed by atoms with E-state index in [1.807, 2.05) is 36.4 Å². The summed E-state index contributed by atoms with van der Waals surface area (Å²) in [4.78, 5) is 0. The molecular formula is C25H22FNO. The molecule has 0 aliphatic heterocycles. The Hall–Kier alpha value is -3.20. The van der Waals surface area contributed by atoms with E-state index in [0.29, 0.717) is 5.71 Å². The molecule has 0 amide bonds. The molecule has 0 atom stereocenters. The zero-order chi connectivity index (χ0) is 19.5. The second kappa shape index (κ2) is 7.81. The highest BCUT2D eigenvalue weighted by molar-refractivity contribution is 6.22. The summed E-state index contributed by atoms with van der Waals surface area (Å²) in [5.41, 5.74) is 6.54. The van der Waals surface area contributed by atoms with Crippen molar-refractivity contribution in [2.45, 2.75) is 26.2 Å². The van der Waals surface area contributed by atoms with Gasteiger partial charge in [0.2, 0.25) is 5.71 Å². The molecule has 0 bridgehead atoms. The largest absolute Gasteiger partial charge is 0.618 e. The summed E-state index contributed by atoms with van der Waals surface area (Å²) in [6.45, 7) is 2.12. The molecule has 1 aliphatic rings. The van der Waals surface area contributed by atoms with Gasteiger partial charge in [-0.2, -0.15) is 4.74 Å². The third-order valence-electron chi connectivity index (χ3n) is 5.16. The number of benzene rings is 3. The Morgan fingerprint density at radius 3 is 1.93 bits per heavy atom. The predicted octanol–water partition coefficient (Wildman–Crippen LogP) is 6.39. The average molecular weight is 371 g/mol. The number of halogens is 1. The van der Waals surface area contributed by atoms with Crippen LogP contribution in [0.2, 0.25) is 0 Å². The van der Waals surface area contributed by atoms with E-state index in [9.17, 15) is 9.60 Å². The van der Waals surface area contributed by atoms with Crippen molar-refractivity contribution >= 4 is 11.3 Å². The summed E-state index contributed by atoms with van der Waals surface area (Å²) in [5, 5.41) is 13.3. The van der Waals surface area contributed by atoms with E-state index >= 15 is 0 Å². The number of unbranched alkanes of at least 4 members (excludes halogenated alkanes) is 1. The van der Waals surface area contributed by atoms with Gasteiger partial charge >= 0.3 is 0 Å². The summed E-state index contributed by atoms with van der Waals surface area (Å²) in [6, 6.07) is 22.4. The van der Waals surface area contributed by atoms with E-state index < -0.39 is 0 Å². The lowest BCUT2D eigenvalue weighted by Crippen LogP contribution is -2.12. The summed E-state index contributed by atoms with van der Waals surface area (Å²) >= 11 is 0. The zero-order valence-corrected chi connectivity index (χ0v) is 15.9. The molecule has 0 N–H and O–H groups in total. The van der Waals surface area contributed by atoms with Crippen LogP contribution in [0.3, 0.4) is 0 Å². The Morgan fingerprint density at radius 1 is 0.857 bits per heavy atom. The number of nitrogens with zero attached hydrogens (tertiary/aromatic N) is 1. The van der Waals surface area contributed by atoms with Crippen LogP contribution in [0, 0.1) is 11.0 Å². The Balaban J connectivity index is 1.86. The highest BCUT2D eigenvalue weighted by Crippen LogP contribution is 2.36. The van der Waals surface area contributed by atoms with Gasteiger partial charge in [0.05, 0.1) is 11.1 Å². The van der Waals surface area contributed by atoms with Crippen molar-refractivity contribution in [3.8, 4) is 11.1 Å². The SMILES string of the molecule is CCCC/C(=C\[N+]([O-])=C1c2ccccc2-c2ccccc21)c1ccc(F)cc1. The van der Waals surface area contributed by atoms with Crippen molar-refractivity contribution in [3.63, 3.8) is 0 Å². The van der Waals surface area contributed by atoms with Crippen LogP contribution >= 0.6 is 0 Å². The standard InChI is InChI=1S/C25H22FNO/c1-2-3-8-19(18-13-15-20(26)16-14-18)17-27(28)25-23-11-6-4-9-21(23)22-10-5-7-12-24(22)25/h4-7,9-17H,2-3,8H2,1H3/b19-17+. The van der Waals surface area contributed by atoms with Crippen LogP contribution in [0.25, 0.3) is 16.7 Å². The Morgan fingerprint density at radius 2 is 1.39 bits per heavy atom. The van der Waals surface area contributed by atoms with Crippen molar-refractivity contribution in [1.29, 1.82) is 0 Å². The highest BCUT2D eigenvalue weighted by atomic mass is 19.1. The number of fused-ring (bicyclic) bond motifs is 3. The van der Waals surface area contributed by atoms with Crippen molar-refractivity contribution in [1.82, 2.24) is 0 Å². The van der Waals surface area contributed by atoms with E-state index in [1.165, 1.54) is 12.1 Å². The van der Waals surface area contributed by atoms with Crippen LogP contribution in [-0.2, 0) is 0 Å². The molecule has 28 heavy (non-hydrogen) atoms. The van der Waals surface area contributed by atoms with Gasteiger partial charge in [0.1, 0.15) is 5.82 Å². The second-order valence-electron chi connectivity index (χ2n) is 7.03. The molecule has 4 rings (SSSR count). The number of rotatable bonds is 5. The Bertz CT molecular complexity index is 1020. The first kappa shape index (κ1) is 18.2. The molecular weight excluding hydrogens is 349 g/mol. The van der Waals surface area contributed by atoms with Gasteiger partial charge in [-0.3, -0.25) is 0 Å². The first-order valence-corrected chi connectivity index (χ1v) is 9.68. The molecule has 0 saturated heterocycles. The number of hydrogen-bond donors (Lipinski definition) is 0. The number of allylic oxidation sites excluding steroid dienone is 1. The molecule has 140 valence electrons. The lowest BCUT2D eigenvalue weighted by molar-refractivity contribution is -0.376. The van der Waals surface area contributed by atoms with Crippen LogP contribution in [0.4, 0.5) is 4.39 Å². The lowest BCUT2D eigenvalue weighted by Gasteiger charge is -2.09. The van der Waals surface area contributed by atoms with Crippen LogP contribution in [0.1, 0.15) is 42.9 Å². The van der Waals surface area contributed by atoms with Gasteiger partial charge in [-0.15, -0.1) is 0 Å². The van der Waals surface area contributed by atoms with Crippen LogP contribution < -0.4 is 0 Å². The maximum atomic E-state index is 13.3. The quantitative estimate of drug-likeness (QED) is 0.227. The van der Waals surface area contributed by atoms with Gasteiger partial charge in [-0.05, 0) is 53.8 Å². The maximum absolute atomic E-state index is 13.3. The Labute approximate surface area is 164 Å². The van der Waals surface area contributed by atoms with Crippen molar-refractivity contribution in [2.24, 2.45) is 0 Å². The summed E-state index contributed by atoms with van der Waals surface area (Å²) < 4.78 is 14.3. The van der Waals surface area contributed by atoms with E-state index in [4.69, 9.17) is 0 Å². The fourth-order valence-corrected chi connectivity index (χ4v) is 3.75. The number of hydroxylamine groups is 1. The fraction of sp³-hybridized carbons (Fsp3) is 0.160. The van der Waals surface area contributed by atoms with E-state index in [-0.39, 0.29) is 5.82 Å². The van der Waals surface area contributed by atoms with Gasteiger partial charge in [0.15, 0.2) is 6.20 Å². The molecule has 0 aromatic heterocycles. The van der Waals surface area contributed by atoms with E-state index in [0.717, 1.165) is 57.4 Å². The molecule has 3 aromatic rings. The predicted molar refractivity (Wildman–Crippen MR) is 113 cm³/mol. The van der Waals surface area contributed by atoms with Crippen molar-refractivity contribution in [2.75, 3.05) is 0 Å². The molecule has 1 aliphatic carbocycles. The molecule has 3 aromatic carbocycles. The summed E-state index contributed by atoms with van der Waals surface area (Å²) in [7, 11) is 0. The molecule has 0 heterocycles. The topological polar surface area (TPSA) is 26.1 Å². The van der Waals surface area contributed by atoms with Gasteiger partial charge in [-0.25, -0.2) is 4.39 Å². The monoisotopic (exact) mass is 371 g/mol. The third-order valence-corrected chi connectivity index (χ3v) is 5.16. The smallest absolute Gasteiger partial charge is 0.232 e.